The van der Waals surface area contributed by atoms with E-state index in [0.29, 0.717) is 6.54 Å². The number of nitro groups is 1. The van der Waals surface area contributed by atoms with Crippen molar-refractivity contribution in [1.29, 1.82) is 0 Å². The maximum atomic E-state index is 14.0. The largest absolute Gasteiger partial charge is 0.469 e. The van der Waals surface area contributed by atoms with Crippen LogP contribution in [0.2, 0.25) is 0 Å². The third kappa shape index (κ3) is 3.55. The number of rotatable bonds is 4. The van der Waals surface area contributed by atoms with Gasteiger partial charge in [-0.3, -0.25) is 19.8 Å². The summed E-state index contributed by atoms with van der Waals surface area (Å²) >= 11 is 0. The van der Waals surface area contributed by atoms with E-state index in [4.69, 9.17) is 4.74 Å². The third-order valence-corrected chi connectivity index (χ3v) is 3.69. The van der Waals surface area contributed by atoms with Crippen LogP contribution in [-0.4, -0.2) is 36.0 Å². The first-order chi connectivity index (χ1) is 10.0. The zero-order chi connectivity index (χ0) is 15.4. The van der Waals surface area contributed by atoms with E-state index in [9.17, 15) is 19.3 Å². The number of hydrogen-bond acceptors (Lipinski definition) is 5. The summed E-state index contributed by atoms with van der Waals surface area (Å²) in [6.45, 7) is 1.46. The normalized spacial score (nSPS) is 19.2. The van der Waals surface area contributed by atoms with Gasteiger partial charge in [-0.25, -0.2) is 0 Å². The Hall–Kier alpha value is -2.02. The zero-order valence-electron chi connectivity index (χ0n) is 11.8. The Morgan fingerprint density at radius 1 is 1.57 bits per heavy atom. The number of hydrogen-bond donors (Lipinski definition) is 0. The van der Waals surface area contributed by atoms with E-state index in [1.807, 2.05) is 4.90 Å². The lowest BCUT2D eigenvalue weighted by Gasteiger charge is -2.31. The fraction of sp³-hybridized carbons (Fsp3) is 0.500. The molecule has 1 saturated heterocycles. The van der Waals surface area contributed by atoms with Crippen LogP contribution in [0.1, 0.15) is 18.4 Å². The van der Waals surface area contributed by atoms with Crippen molar-refractivity contribution in [1.82, 2.24) is 4.90 Å². The van der Waals surface area contributed by atoms with Crippen LogP contribution in [0.3, 0.4) is 0 Å². The number of benzene rings is 1. The molecule has 0 radical (unpaired) electrons. The molecule has 1 heterocycles. The van der Waals surface area contributed by atoms with Crippen LogP contribution in [0, 0.1) is 21.8 Å². The molecule has 1 aliphatic rings. The van der Waals surface area contributed by atoms with Crippen molar-refractivity contribution in [2.75, 3.05) is 20.2 Å². The molecule has 0 bridgehead atoms. The molecule has 1 unspecified atom stereocenters. The summed E-state index contributed by atoms with van der Waals surface area (Å²) in [7, 11) is 1.35. The molecule has 0 saturated carbocycles. The van der Waals surface area contributed by atoms with E-state index < -0.39 is 16.4 Å². The number of ether oxygens (including phenoxy) is 1. The van der Waals surface area contributed by atoms with Crippen molar-refractivity contribution in [3.8, 4) is 0 Å². The van der Waals surface area contributed by atoms with E-state index in [-0.39, 0.29) is 24.0 Å². The second kappa shape index (κ2) is 6.62. The molecule has 1 atom stereocenters. The Morgan fingerprint density at radius 2 is 2.33 bits per heavy atom. The number of carbonyl (C=O) groups excluding carboxylic acids is 1. The predicted octanol–water partition coefficient (Wildman–Crippen LogP) is 2.12. The molecule has 1 aromatic rings. The van der Waals surface area contributed by atoms with Crippen molar-refractivity contribution in [3.63, 3.8) is 0 Å². The lowest BCUT2D eigenvalue weighted by Crippen LogP contribution is -2.38. The number of esters is 1. The standard InChI is InChI=1S/C14H17FN2O4/c1-21-14(18)11-5-3-7-16(9-11)8-10-4-2-6-12(13(10)15)17(19)20/h2,4,6,11H,3,5,7-9H2,1H3. The number of halogens is 1. The highest BCUT2D eigenvalue weighted by molar-refractivity contribution is 5.72. The van der Waals surface area contributed by atoms with Gasteiger partial charge in [0, 0.05) is 24.7 Å². The summed E-state index contributed by atoms with van der Waals surface area (Å²) in [5.74, 6) is -1.28. The smallest absolute Gasteiger partial charge is 0.309 e. The lowest BCUT2D eigenvalue weighted by atomic mass is 9.97. The van der Waals surface area contributed by atoms with Crippen LogP contribution in [0.5, 0.6) is 0 Å². The van der Waals surface area contributed by atoms with Gasteiger partial charge in [0.15, 0.2) is 0 Å². The van der Waals surface area contributed by atoms with E-state index >= 15 is 0 Å². The Balaban J connectivity index is 2.09. The molecule has 0 N–H and O–H groups in total. The molecule has 1 aliphatic heterocycles. The molecular formula is C14H17FN2O4. The molecule has 0 amide bonds. The zero-order valence-corrected chi connectivity index (χ0v) is 11.8. The molecule has 114 valence electrons. The van der Waals surface area contributed by atoms with Gasteiger partial charge >= 0.3 is 11.7 Å². The van der Waals surface area contributed by atoms with Gasteiger partial charge in [-0.1, -0.05) is 12.1 Å². The second-order valence-corrected chi connectivity index (χ2v) is 5.10. The summed E-state index contributed by atoms with van der Waals surface area (Å²) in [4.78, 5) is 23.5. The van der Waals surface area contributed by atoms with Gasteiger partial charge in [0.2, 0.25) is 5.82 Å². The highest BCUT2D eigenvalue weighted by atomic mass is 19.1. The predicted molar refractivity (Wildman–Crippen MR) is 73.1 cm³/mol. The molecule has 2 rings (SSSR count). The molecule has 6 nitrogen and oxygen atoms in total. The Morgan fingerprint density at radius 3 is 3.00 bits per heavy atom. The summed E-state index contributed by atoms with van der Waals surface area (Å²) in [6, 6.07) is 4.15. The molecule has 21 heavy (non-hydrogen) atoms. The fourth-order valence-corrected chi connectivity index (χ4v) is 2.63. The molecule has 0 aliphatic carbocycles. The maximum absolute atomic E-state index is 14.0. The number of carbonyl (C=O) groups is 1. The van der Waals surface area contributed by atoms with Crippen molar-refractivity contribution < 1.29 is 18.8 Å². The van der Waals surface area contributed by atoms with Gasteiger partial charge in [0.1, 0.15) is 0 Å². The maximum Gasteiger partial charge on any atom is 0.309 e. The fourth-order valence-electron chi connectivity index (χ4n) is 2.63. The van der Waals surface area contributed by atoms with Crippen LogP contribution in [0.4, 0.5) is 10.1 Å². The molecule has 7 heteroatoms. The summed E-state index contributed by atoms with van der Waals surface area (Å²) in [5, 5.41) is 10.7. The SMILES string of the molecule is COC(=O)C1CCCN(Cc2cccc([N+](=O)[O-])c2F)C1. The van der Waals surface area contributed by atoms with Crippen LogP contribution in [0.25, 0.3) is 0 Å². The molecule has 0 aromatic heterocycles. The van der Waals surface area contributed by atoms with Crippen LogP contribution in [0.15, 0.2) is 18.2 Å². The summed E-state index contributed by atoms with van der Waals surface area (Å²) in [6.07, 6.45) is 1.57. The second-order valence-electron chi connectivity index (χ2n) is 5.10. The third-order valence-electron chi connectivity index (χ3n) is 3.69. The Kier molecular flexibility index (Phi) is 4.85. The van der Waals surface area contributed by atoms with Crippen molar-refractivity contribution in [3.05, 3.63) is 39.7 Å². The number of piperidine rings is 1. The minimum atomic E-state index is -0.803. The first-order valence-corrected chi connectivity index (χ1v) is 6.75. The minimum Gasteiger partial charge on any atom is -0.469 e. The van der Waals surface area contributed by atoms with Gasteiger partial charge in [0.25, 0.3) is 0 Å². The van der Waals surface area contributed by atoms with Crippen molar-refractivity contribution in [2.45, 2.75) is 19.4 Å². The van der Waals surface area contributed by atoms with Gasteiger partial charge < -0.3 is 4.74 Å². The summed E-state index contributed by atoms with van der Waals surface area (Å²) < 4.78 is 18.8. The minimum absolute atomic E-state index is 0.217. The number of nitrogens with zero attached hydrogens (tertiary/aromatic N) is 2. The Labute approximate surface area is 121 Å². The highest BCUT2D eigenvalue weighted by Crippen LogP contribution is 2.24. The quantitative estimate of drug-likeness (QED) is 0.483. The van der Waals surface area contributed by atoms with Crippen molar-refractivity contribution in [2.24, 2.45) is 5.92 Å². The first kappa shape index (κ1) is 15.4. The number of nitro benzene ring substituents is 1. The molecule has 1 aromatic carbocycles. The van der Waals surface area contributed by atoms with Crippen LogP contribution in [-0.2, 0) is 16.1 Å². The monoisotopic (exact) mass is 296 g/mol. The number of likely N-dealkylation sites (tertiary alicyclic amines) is 1. The average Bonchev–Trinajstić information content (AvgIpc) is 2.48. The van der Waals surface area contributed by atoms with E-state index in [2.05, 4.69) is 0 Å². The summed E-state index contributed by atoms with van der Waals surface area (Å²) in [5.41, 5.74) is -0.247. The molecular weight excluding hydrogens is 279 g/mol. The van der Waals surface area contributed by atoms with Crippen LogP contribution < -0.4 is 0 Å². The van der Waals surface area contributed by atoms with Gasteiger partial charge in [-0.15, -0.1) is 0 Å². The topological polar surface area (TPSA) is 72.7 Å². The average molecular weight is 296 g/mol. The first-order valence-electron chi connectivity index (χ1n) is 6.75. The van der Waals surface area contributed by atoms with Gasteiger partial charge in [-0.05, 0) is 19.4 Å². The number of methoxy groups -OCH3 is 1. The lowest BCUT2D eigenvalue weighted by molar-refractivity contribution is -0.387. The van der Waals surface area contributed by atoms with Gasteiger partial charge in [0.05, 0.1) is 18.0 Å². The molecule has 1 fully saturated rings. The van der Waals surface area contributed by atoms with E-state index in [0.717, 1.165) is 25.5 Å². The Bertz CT molecular complexity index is 550. The van der Waals surface area contributed by atoms with E-state index in [1.54, 1.807) is 0 Å². The highest BCUT2D eigenvalue weighted by Gasteiger charge is 2.27. The van der Waals surface area contributed by atoms with Crippen molar-refractivity contribution >= 4 is 11.7 Å². The van der Waals surface area contributed by atoms with Gasteiger partial charge in [-0.2, -0.15) is 4.39 Å². The van der Waals surface area contributed by atoms with Crippen LogP contribution >= 0.6 is 0 Å². The molecule has 0 spiro atoms. The van der Waals surface area contributed by atoms with E-state index in [1.165, 1.54) is 19.2 Å².